The third-order valence-electron chi connectivity index (χ3n) is 1.44. The lowest BCUT2D eigenvalue weighted by atomic mass is 10.2. The maximum Gasteiger partial charge on any atom is 0.267 e. The molecule has 1 rings (SSSR count). The number of hydrogen-bond acceptors (Lipinski definition) is 2. The molecule has 1 aromatic heterocycles. The van der Waals surface area contributed by atoms with Crippen molar-refractivity contribution in [2.45, 2.75) is 13.3 Å². The Morgan fingerprint density at radius 2 is 2.17 bits per heavy atom. The van der Waals surface area contributed by atoms with Crippen LogP contribution in [0.1, 0.15) is 17.7 Å². The summed E-state index contributed by atoms with van der Waals surface area (Å²) in [7, 11) is 0. The number of nitrogen functional groups attached to an aromatic ring is 1. The molecular weight excluding hydrogens is 186 g/mol. The van der Waals surface area contributed by atoms with Crippen LogP contribution in [0, 0.1) is 6.92 Å². The summed E-state index contributed by atoms with van der Waals surface area (Å²) in [6.07, 6.45) is -2.61. The SMILES string of the molecule is Cc1nc(N)cc(Cl)c1C(F)F. The van der Waals surface area contributed by atoms with Crippen LogP contribution in [0.15, 0.2) is 6.07 Å². The predicted octanol–water partition coefficient (Wildman–Crippen LogP) is 2.56. The average molecular weight is 193 g/mol. The summed E-state index contributed by atoms with van der Waals surface area (Å²) in [6, 6.07) is 1.22. The zero-order valence-corrected chi connectivity index (χ0v) is 7.07. The molecule has 0 aromatic carbocycles. The van der Waals surface area contributed by atoms with Crippen molar-refractivity contribution in [1.29, 1.82) is 0 Å². The van der Waals surface area contributed by atoms with Gasteiger partial charge in [0, 0.05) is 0 Å². The van der Waals surface area contributed by atoms with E-state index in [1.165, 1.54) is 13.0 Å². The lowest BCUT2D eigenvalue weighted by Gasteiger charge is -2.06. The van der Waals surface area contributed by atoms with Gasteiger partial charge in [-0.3, -0.25) is 0 Å². The Morgan fingerprint density at radius 3 is 2.58 bits per heavy atom. The second-order valence-corrected chi connectivity index (χ2v) is 2.74. The van der Waals surface area contributed by atoms with E-state index >= 15 is 0 Å². The van der Waals surface area contributed by atoms with Gasteiger partial charge in [0.2, 0.25) is 0 Å². The van der Waals surface area contributed by atoms with Gasteiger partial charge in [0.1, 0.15) is 5.82 Å². The van der Waals surface area contributed by atoms with E-state index in [2.05, 4.69) is 4.98 Å². The summed E-state index contributed by atoms with van der Waals surface area (Å²) in [5, 5.41) is -0.0324. The van der Waals surface area contributed by atoms with Crippen LogP contribution in [-0.2, 0) is 0 Å². The predicted molar refractivity (Wildman–Crippen MR) is 43.4 cm³/mol. The van der Waals surface area contributed by atoms with Gasteiger partial charge in [-0.05, 0) is 13.0 Å². The normalized spacial score (nSPS) is 10.8. The number of hydrogen-bond donors (Lipinski definition) is 1. The number of aromatic nitrogens is 1. The van der Waals surface area contributed by atoms with Crippen molar-refractivity contribution >= 4 is 17.4 Å². The highest BCUT2D eigenvalue weighted by Gasteiger charge is 2.16. The van der Waals surface area contributed by atoms with Gasteiger partial charge in [-0.2, -0.15) is 0 Å². The molecule has 0 atom stereocenters. The highest BCUT2D eigenvalue weighted by molar-refractivity contribution is 6.31. The summed E-state index contributed by atoms with van der Waals surface area (Å²) in [5.74, 6) is 0.155. The fourth-order valence-electron chi connectivity index (χ4n) is 0.929. The van der Waals surface area contributed by atoms with Gasteiger partial charge in [-0.1, -0.05) is 11.6 Å². The van der Waals surface area contributed by atoms with Crippen molar-refractivity contribution in [3.8, 4) is 0 Å². The number of anilines is 1. The quantitative estimate of drug-likeness (QED) is 0.743. The van der Waals surface area contributed by atoms with Crippen LogP contribution < -0.4 is 5.73 Å². The van der Waals surface area contributed by atoms with Crippen LogP contribution in [0.25, 0.3) is 0 Å². The minimum atomic E-state index is -2.61. The lowest BCUT2D eigenvalue weighted by molar-refractivity contribution is 0.150. The first-order chi connectivity index (χ1) is 5.52. The van der Waals surface area contributed by atoms with Crippen molar-refractivity contribution in [3.05, 3.63) is 22.3 Å². The number of aryl methyl sites for hydroxylation is 1. The topological polar surface area (TPSA) is 38.9 Å². The van der Waals surface area contributed by atoms with Gasteiger partial charge in [0.25, 0.3) is 6.43 Å². The number of nitrogens with two attached hydrogens (primary N) is 1. The number of rotatable bonds is 1. The fourth-order valence-corrected chi connectivity index (χ4v) is 1.26. The molecule has 0 saturated heterocycles. The Hall–Kier alpha value is -0.900. The molecule has 0 fully saturated rings. The Bertz CT molecular complexity index is 278. The largest absolute Gasteiger partial charge is 0.384 e. The van der Waals surface area contributed by atoms with Crippen LogP contribution in [-0.4, -0.2) is 4.98 Å². The Balaban J connectivity index is 3.28. The molecule has 0 radical (unpaired) electrons. The van der Waals surface area contributed by atoms with Crippen LogP contribution in [0.2, 0.25) is 5.02 Å². The van der Waals surface area contributed by atoms with Crippen LogP contribution in [0.4, 0.5) is 14.6 Å². The Labute approximate surface area is 73.4 Å². The van der Waals surface area contributed by atoms with Crippen molar-refractivity contribution in [2.24, 2.45) is 0 Å². The van der Waals surface area contributed by atoms with E-state index in [-0.39, 0.29) is 22.1 Å². The maximum absolute atomic E-state index is 12.3. The van der Waals surface area contributed by atoms with Gasteiger partial charge in [0.15, 0.2) is 0 Å². The van der Waals surface area contributed by atoms with E-state index in [1.807, 2.05) is 0 Å². The Morgan fingerprint density at radius 1 is 1.58 bits per heavy atom. The first-order valence-corrected chi connectivity index (χ1v) is 3.61. The molecule has 0 aliphatic rings. The maximum atomic E-state index is 12.3. The molecule has 0 aliphatic heterocycles. The summed E-state index contributed by atoms with van der Waals surface area (Å²) < 4.78 is 24.5. The molecule has 2 N–H and O–H groups in total. The second kappa shape index (κ2) is 3.23. The van der Waals surface area contributed by atoms with Gasteiger partial charge in [0.05, 0.1) is 16.3 Å². The summed E-state index contributed by atoms with van der Waals surface area (Å²) in [6.45, 7) is 1.45. The van der Waals surface area contributed by atoms with E-state index in [0.717, 1.165) is 0 Å². The lowest BCUT2D eigenvalue weighted by Crippen LogP contribution is -1.98. The zero-order valence-electron chi connectivity index (χ0n) is 6.31. The molecule has 0 saturated carbocycles. The van der Waals surface area contributed by atoms with Crippen LogP contribution >= 0.6 is 11.6 Å². The number of pyridine rings is 1. The van der Waals surface area contributed by atoms with E-state index in [1.54, 1.807) is 0 Å². The number of nitrogens with zero attached hydrogens (tertiary/aromatic N) is 1. The highest BCUT2D eigenvalue weighted by atomic mass is 35.5. The molecule has 2 nitrogen and oxygen atoms in total. The molecule has 0 spiro atoms. The fraction of sp³-hybridized carbons (Fsp3) is 0.286. The Kier molecular flexibility index (Phi) is 2.47. The van der Waals surface area contributed by atoms with Crippen molar-refractivity contribution in [2.75, 3.05) is 5.73 Å². The van der Waals surface area contributed by atoms with E-state index in [9.17, 15) is 8.78 Å². The minimum absolute atomic E-state index is 0.0324. The minimum Gasteiger partial charge on any atom is -0.384 e. The summed E-state index contributed by atoms with van der Waals surface area (Å²) in [4.78, 5) is 3.67. The third kappa shape index (κ3) is 1.64. The molecular formula is C7H7ClF2N2. The summed E-state index contributed by atoms with van der Waals surface area (Å²) >= 11 is 5.53. The molecule has 0 aliphatic carbocycles. The zero-order chi connectivity index (χ0) is 9.30. The first kappa shape index (κ1) is 9.19. The first-order valence-electron chi connectivity index (χ1n) is 3.23. The van der Waals surface area contributed by atoms with Crippen molar-refractivity contribution in [3.63, 3.8) is 0 Å². The highest BCUT2D eigenvalue weighted by Crippen LogP contribution is 2.29. The second-order valence-electron chi connectivity index (χ2n) is 2.33. The van der Waals surface area contributed by atoms with Gasteiger partial charge in [-0.25, -0.2) is 13.8 Å². The number of halogens is 3. The standard InChI is InChI=1S/C7H7ClF2N2/c1-3-6(7(9)10)4(8)2-5(11)12-3/h2,7H,1H3,(H2,11,12). The van der Waals surface area contributed by atoms with Crippen LogP contribution in [0.3, 0.4) is 0 Å². The summed E-state index contributed by atoms with van der Waals surface area (Å²) in [5.41, 5.74) is 5.22. The molecule has 1 aromatic rings. The van der Waals surface area contributed by atoms with Gasteiger partial charge < -0.3 is 5.73 Å². The molecule has 12 heavy (non-hydrogen) atoms. The van der Waals surface area contributed by atoms with E-state index in [4.69, 9.17) is 17.3 Å². The smallest absolute Gasteiger partial charge is 0.267 e. The molecule has 0 amide bonds. The van der Waals surface area contributed by atoms with Crippen molar-refractivity contribution in [1.82, 2.24) is 4.98 Å². The van der Waals surface area contributed by atoms with E-state index < -0.39 is 6.43 Å². The van der Waals surface area contributed by atoms with E-state index in [0.29, 0.717) is 0 Å². The van der Waals surface area contributed by atoms with Crippen LogP contribution in [0.5, 0.6) is 0 Å². The third-order valence-corrected chi connectivity index (χ3v) is 1.75. The molecule has 0 unspecified atom stereocenters. The average Bonchev–Trinajstić information content (AvgIpc) is 1.82. The van der Waals surface area contributed by atoms with Gasteiger partial charge in [-0.15, -0.1) is 0 Å². The molecule has 5 heteroatoms. The monoisotopic (exact) mass is 192 g/mol. The molecule has 0 bridgehead atoms. The van der Waals surface area contributed by atoms with Crippen molar-refractivity contribution < 1.29 is 8.78 Å². The van der Waals surface area contributed by atoms with Gasteiger partial charge >= 0.3 is 0 Å². The molecule has 66 valence electrons. The molecule has 1 heterocycles. The number of alkyl halides is 2.